The standard InChI is InChI=1S/C21H29N3O3S/c25-19(26)12-7-5-3-1-2-4-6-8-13-22-20(27)17-10-9-11-18(16-17)24-21-23-14-15-28-21/h9-11,14-16H,1-8,12-13H2,(H,22,27)(H,23,24)(H,25,26). The van der Waals surface area contributed by atoms with Crippen LogP contribution in [0.25, 0.3) is 0 Å². The van der Waals surface area contributed by atoms with Crippen LogP contribution >= 0.6 is 11.3 Å². The molecule has 0 bridgehead atoms. The van der Waals surface area contributed by atoms with E-state index in [2.05, 4.69) is 15.6 Å². The molecular formula is C21H29N3O3S. The predicted octanol–water partition coefficient (Wildman–Crippen LogP) is 5.21. The number of amides is 1. The van der Waals surface area contributed by atoms with Gasteiger partial charge >= 0.3 is 5.97 Å². The Hall–Kier alpha value is -2.41. The van der Waals surface area contributed by atoms with Gasteiger partial charge in [-0.15, -0.1) is 11.3 Å². The number of carbonyl (C=O) groups excluding carboxylic acids is 1. The Morgan fingerprint density at radius 2 is 1.71 bits per heavy atom. The molecule has 0 saturated carbocycles. The SMILES string of the molecule is O=C(O)CCCCCCCCCCNC(=O)c1cccc(Nc2nccs2)c1. The van der Waals surface area contributed by atoms with Crippen LogP contribution in [-0.4, -0.2) is 28.5 Å². The smallest absolute Gasteiger partial charge is 0.303 e. The third-order valence-corrected chi connectivity index (χ3v) is 5.10. The monoisotopic (exact) mass is 403 g/mol. The van der Waals surface area contributed by atoms with E-state index in [0.717, 1.165) is 55.8 Å². The number of aliphatic carboxylic acids is 1. The van der Waals surface area contributed by atoms with Crippen molar-refractivity contribution in [1.29, 1.82) is 0 Å². The molecule has 0 unspecified atom stereocenters. The van der Waals surface area contributed by atoms with Gasteiger partial charge in [0.2, 0.25) is 0 Å². The van der Waals surface area contributed by atoms with Crippen LogP contribution in [0.5, 0.6) is 0 Å². The molecule has 7 heteroatoms. The number of aromatic nitrogens is 1. The quantitative estimate of drug-likeness (QED) is 0.377. The zero-order valence-electron chi connectivity index (χ0n) is 16.2. The summed E-state index contributed by atoms with van der Waals surface area (Å²) in [5.74, 6) is -0.759. The van der Waals surface area contributed by atoms with Crippen molar-refractivity contribution in [1.82, 2.24) is 10.3 Å². The Balaban J connectivity index is 1.53. The van der Waals surface area contributed by atoms with Crippen molar-refractivity contribution in [3.05, 3.63) is 41.4 Å². The lowest BCUT2D eigenvalue weighted by atomic mass is 10.1. The highest BCUT2D eigenvalue weighted by atomic mass is 32.1. The number of carboxylic acids is 1. The van der Waals surface area contributed by atoms with Crippen LogP contribution in [0.2, 0.25) is 0 Å². The average Bonchev–Trinajstić information content (AvgIpc) is 3.19. The van der Waals surface area contributed by atoms with E-state index in [0.29, 0.717) is 12.1 Å². The molecule has 1 amide bonds. The van der Waals surface area contributed by atoms with Crippen molar-refractivity contribution < 1.29 is 14.7 Å². The summed E-state index contributed by atoms with van der Waals surface area (Å²) in [6, 6.07) is 7.43. The summed E-state index contributed by atoms with van der Waals surface area (Å²) in [4.78, 5) is 26.9. The van der Waals surface area contributed by atoms with Gasteiger partial charge in [-0.05, 0) is 31.0 Å². The number of nitrogens with zero attached hydrogens (tertiary/aromatic N) is 1. The number of benzene rings is 1. The molecule has 2 rings (SSSR count). The Morgan fingerprint density at radius 1 is 1.00 bits per heavy atom. The minimum atomic E-state index is -0.704. The third-order valence-electron chi connectivity index (χ3n) is 4.41. The van der Waals surface area contributed by atoms with Gasteiger partial charge in [0.25, 0.3) is 5.91 Å². The molecule has 0 radical (unpaired) electrons. The Morgan fingerprint density at radius 3 is 2.39 bits per heavy atom. The number of nitrogens with one attached hydrogen (secondary N) is 2. The largest absolute Gasteiger partial charge is 0.481 e. The summed E-state index contributed by atoms with van der Waals surface area (Å²) < 4.78 is 0. The van der Waals surface area contributed by atoms with Gasteiger partial charge in [0.05, 0.1) is 0 Å². The second-order valence-electron chi connectivity index (χ2n) is 6.77. The summed E-state index contributed by atoms with van der Waals surface area (Å²) >= 11 is 1.52. The van der Waals surface area contributed by atoms with Gasteiger partial charge in [0.1, 0.15) is 0 Å². The van der Waals surface area contributed by atoms with Crippen molar-refractivity contribution in [2.24, 2.45) is 0 Å². The molecule has 1 aromatic heterocycles. The highest BCUT2D eigenvalue weighted by molar-refractivity contribution is 7.13. The average molecular weight is 404 g/mol. The molecule has 0 spiro atoms. The number of unbranched alkanes of at least 4 members (excludes halogenated alkanes) is 7. The summed E-state index contributed by atoms with van der Waals surface area (Å²) in [7, 11) is 0. The fourth-order valence-corrected chi connectivity index (χ4v) is 3.46. The molecule has 3 N–H and O–H groups in total. The molecular weight excluding hydrogens is 374 g/mol. The first-order chi connectivity index (χ1) is 13.6. The highest BCUT2D eigenvalue weighted by Crippen LogP contribution is 2.19. The van der Waals surface area contributed by atoms with Gasteiger partial charge in [-0.2, -0.15) is 0 Å². The lowest BCUT2D eigenvalue weighted by Crippen LogP contribution is -2.24. The van der Waals surface area contributed by atoms with E-state index in [-0.39, 0.29) is 12.3 Å². The minimum Gasteiger partial charge on any atom is -0.481 e. The van der Waals surface area contributed by atoms with Crippen molar-refractivity contribution in [3.8, 4) is 0 Å². The van der Waals surface area contributed by atoms with E-state index >= 15 is 0 Å². The van der Waals surface area contributed by atoms with E-state index in [1.165, 1.54) is 17.8 Å². The number of hydrogen-bond donors (Lipinski definition) is 3. The molecule has 0 aliphatic heterocycles. The van der Waals surface area contributed by atoms with E-state index < -0.39 is 5.97 Å². The summed E-state index contributed by atoms with van der Waals surface area (Å²) in [6.07, 6.45) is 10.5. The molecule has 0 aliphatic carbocycles. The maximum Gasteiger partial charge on any atom is 0.303 e. The molecule has 28 heavy (non-hydrogen) atoms. The molecule has 152 valence electrons. The lowest BCUT2D eigenvalue weighted by Gasteiger charge is -2.08. The first-order valence-corrected chi connectivity index (χ1v) is 10.8. The zero-order chi connectivity index (χ0) is 20.0. The lowest BCUT2D eigenvalue weighted by molar-refractivity contribution is -0.137. The summed E-state index contributed by atoms with van der Waals surface area (Å²) in [5, 5.41) is 17.5. The predicted molar refractivity (Wildman–Crippen MR) is 113 cm³/mol. The Bertz CT molecular complexity index is 719. The van der Waals surface area contributed by atoms with Gasteiger partial charge in [0, 0.05) is 35.8 Å². The fraction of sp³-hybridized carbons (Fsp3) is 0.476. The molecule has 1 aromatic carbocycles. The van der Waals surface area contributed by atoms with Crippen LogP contribution in [0, 0.1) is 0 Å². The van der Waals surface area contributed by atoms with Crippen molar-refractivity contribution in [3.63, 3.8) is 0 Å². The van der Waals surface area contributed by atoms with Gasteiger partial charge in [-0.3, -0.25) is 9.59 Å². The zero-order valence-corrected chi connectivity index (χ0v) is 17.0. The third kappa shape index (κ3) is 8.99. The molecule has 2 aromatic rings. The fourth-order valence-electron chi connectivity index (χ4n) is 2.91. The van der Waals surface area contributed by atoms with E-state index in [4.69, 9.17) is 5.11 Å². The van der Waals surface area contributed by atoms with Crippen LogP contribution in [0.1, 0.15) is 68.1 Å². The van der Waals surface area contributed by atoms with Crippen LogP contribution in [-0.2, 0) is 4.79 Å². The van der Waals surface area contributed by atoms with Crippen molar-refractivity contribution in [2.45, 2.75) is 57.8 Å². The van der Waals surface area contributed by atoms with Gasteiger partial charge < -0.3 is 15.7 Å². The first-order valence-electron chi connectivity index (χ1n) is 9.92. The van der Waals surface area contributed by atoms with Crippen LogP contribution in [0.15, 0.2) is 35.8 Å². The normalized spacial score (nSPS) is 10.6. The number of hydrogen-bond acceptors (Lipinski definition) is 5. The number of anilines is 2. The molecule has 6 nitrogen and oxygen atoms in total. The molecule has 1 heterocycles. The maximum atomic E-state index is 12.3. The Kier molecular flexibility index (Phi) is 10.1. The molecule has 0 saturated heterocycles. The Labute approximate surface area is 170 Å². The number of carbonyl (C=O) groups is 2. The van der Waals surface area contributed by atoms with E-state index in [9.17, 15) is 9.59 Å². The van der Waals surface area contributed by atoms with E-state index in [1.807, 2.05) is 29.6 Å². The van der Waals surface area contributed by atoms with Crippen molar-refractivity contribution in [2.75, 3.05) is 11.9 Å². The molecule has 0 aliphatic rings. The van der Waals surface area contributed by atoms with E-state index in [1.54, 1.807) is 6.20 Å². The molecule has 0 atom stereocenters. The number of rotatable bonds is 14. The second-order valence-corrected chi connectivity index (χ2v) is 7.67. The van der Waals surface area contributed by atoms with Gasteiger partial charge in [-0.1, -0.05) is 44.6 Å². The van der Waals surface area contributed by atoms with Crippen LogP contribution < -0.4 is 10.6 Å². The minimum absolute atomic E-state index is 0.0544. The van der Waals surface area contributed by atoms with Gasteiger partial charge in [-0.25, -0.2) is 4.98 Å². The second kappa shape index (κ2) is 12.9. The topological polar surface area (TPSA) is 91.3 Å². The maximum absolute atomic E-state index is 12.3. The number of carboxylic acid groups (broad SMARTS) is 1. The van der Waals surface area contributed by atoms with Crippen LogP contribution in [0.4, 0.5) is 10.8 Å². The summed E-state index contributed by atoms with van der Waals surface area (Å²) in [5.41, 5.74) is 1.49. The highest BCUT2D eigenvalue weighted by Gasteiger charge is 2.06. The molecule has 0 fully saturated rings. The van der Waals surface area contributed by atoms with Gasteiger partial charge in [0.15, 0.2) is 5.13 Å². The first kappa shape index (κ1) is 21.9. The number of thiazole rings is 1. The van der Waals surface area contributed by atoms with Crippen molar-refractivity contribution >= 4 is 34.0 Å². The summed E-state index contributed by atoms with van der Waals surface area (Å²) in [6.45, 7) is 0.682. The van der Waals surface area contributed by atoms with Crippen LogP contribution in [0.3, 0.4) is 0 Å².